The summed E-state index contributed by atoms with van der Waals surface area (Å²) in [6.07, 6.45) is 0. The van der Waals surface area contributed by atoms with E-state index < -0.39 is 0 Å². The molecule has 1 heteroatoms. The standard InChI is InChI=1S/C16H18.CH4O/c1-16(2,3)15-11-9-14(10-12-15)13-7-5-4-6-8-13;1-2/h4-12H,1-3H3;2H,1H3/p+1. The number of hydrogen-bond acceptors (Lipinski definition) is 0. The molecule has 1 nitrogen and oxygen atoms in total. The van der Waals surface area contributed by atoms with E-state index in [-0.39, 0.29) is 5.41 Å². The van der Waals surface area contributed by atoms with Gasteiger partial charge >= 0.3 is 0 Å². The second-order valence-electron chi connectivity index (χ2n) is 5.19. The molecule has 18 heavy (non-hydrogen) atoms. The zero-order chi connectivity index (χ0) is 13.6. The molecule has 0 aromatic heterocycles. The lowest BCUT2D eigenvalue weighted by atomic mass is 9.86. The SMILES string of the molecule is CC(C)(C)c1ccc(-c2ccccc2)cc1.C[OH2+]. The van der Waals surface area contributed by atoms with Gasteiger partial charge in [0, 0.05) is 0 Å². The van der Waals surface area contributed by atoms with E-state index in [2.05, 4.69) is 69.3 Å². The summed E-state index contributed by atoms with van der Waals surface area (Å²) in [6, 6.07) is 19.3. The predicted octanol–water partition coefficient (Wildman–Crippen LogP) is 3.99. The second-order valence-corrected chi connectivity index (χ2v) is 5.19. The lowest BCUT2D eigenvalue weighted by Crippen LogP contribution is -2.10. The molecule has 2 aromatic carbocycles. The van der Waals surface area contributed by atoms with Crippen molar-refractivity contribution in [3.63, 3.8) is 0 Å². The highest BCUT2D eigenvalue weighted by Gasteiger charge is 2.12. The minimum absolute atomic E-state index is 0.231. The summed E-state index contributed by atoms with van der Waals surface area (Å²) < 4.78 is 0. The molecule has 0 fully saturated rings. The molecule has 0 atom stereocenters. The van der Waals surface area contributed by atoms with E-state index in [9.17, 15) is 0 Å². The molecule has 96 valence electrons. The molecule has 2 N–H and O–H groups in total. The Morgan fingerprint density at radius 3 is 1.56 bits per heavy atom. The van der Waals surface area contributed by atoms with Crippen LogP contribution in [0.4, 0.5) is 0 Å². The van der Waals surface area contributed by atoms with Crippen LogP contribution in [0.3, 0.4) is 0 Å². The normalized spacial score (nSPS) is 10.5. The molecule has 0 radical (unpaired) electrons. The molecule has 0 saturated heterocycles. The molecule has 0 spiro atoms. The van der Waals surface area contributed by atoms with Gasteiger partial charge in [0.25, 0.3) is 0 Å². The van der Waals surface area contributed by atoms with Gasteiger partial charge in [0.1, 0.15) is 7.11 Å². The first-order valence-electron chi connectivity index (χ1n) is 6.23. The maximum Gasteiger partial charge on any atom is 0.133 e. The summed E-state index contributed by atoms with van der Waals surface area (Å²) >= 11 is 0. The minimum atomic E-state index is 0.231. The van der Waals surface area contributed by atoms with E-state index in [1.165, 1.54) is 23.8 Å². The van der Waals surface area contributed by atoms with Crippen molar-refractivity contribution in [3.8, 4) is 11.1 Å². The smallest absolute Gasteiger partial charge is 0.133 e. The zero-order valence-electron chi connectivity index (χ0n) is 11.7. The molecule has 0 unspecified atom stereocenters. The summed E-state index contributed by atoms with van der Waals surface area (Å²) in [5.41, 5.74) is 4.18. The van der Waals surface area contributed by atoms with E-state index in [1.54, 1.807) is 0 Å². The first kappa shape index (κ1) is 14.5. The van der Waals surface area contributed by atoms with E-state index in [0.717, 1.165) is 0 Å². The van der Waals surface area contributed by atoms with Crippen molar-refractivity contribution in [2.45, 2.75) is 26.2 Å². The van der Waals surface area contributed by atoms with Crippen LogP contribution in [0.2, 0.25) is 0 Å². The fourth-order valence-electron chi connectivity index (χ4n) is 1.79. The van der Waals surface area contributed by atoms with Crippen molar-refractivity contribution in [1.82, 2.24) is 0 Å². The van der Waals surface area contributed by atoms with Crippen molar-refractivity contribution in [2.75, 3.05) is 7.11 Å². The Labute approximate surface area is 110 Å². The van der Waals surface area contributed by atoms with Gasteiger partial charge in [-0.15, -0.1) is 0 Å². The van der Waals surface area contributed by atoms with Gasteiger partial charge in [0.15, 0.2) is 0 Å². The van der Waals surface area contributed by atoms with Gasteiger partial charge < -0.3 is 5.11 Å². The molecule has 0 amide bonds. The van der Waals surface area contributed by atoms with Crippen molar-refractivity contribution in [1.29, 1.82) is 0 Å². The van der Waals surface area contributed by atoms with Crippen molar-refractivity contribution < 1.29 is 5.11 Å². The summed E-state index contributed by atoms with van der Waals surface area (Å²) in [6.45, 7) is 6.72. The molecule has 2 aromatic rings. The Bertz CT molecular complexity index is 449. The highest BCUT2D eigenvalue weighted by Crippen LogP contribution is 2.25. The molecular weight excluding hydrogens is 220 g/mol. The van der Waals surface area contributed by atoms with Crippen LogP contribution in [-0.4, -0.2) is 12.2 Å². The second kappa shape index (κ2) is 6.36. The maximum absolute atomic E-state index is 5.75. The Kier molecular flexibility index (Phi) is 5.11. The lowest BCUT2D eigenvalue weighted by molar-refractivity contribution is 0.399. The highest BCUT2D eigenvalue weighted by molar-refractivity contribution is 5.63. The van der Waals surface area contributed by atoms with Crippen LogP contribution in [0.5, 0.6) is 0 Å². The average Bonchev–Trinajstić information content (AvgIpc) is 2.41. The van der Waals surface area contributed by atoms with Crippen LogP contribution in [0, 0.1) is 0 Å². The Morgan fingerprint density at radius 1 is 0.667 bits per heavy atom. The largest absolute Gasteiger partial charge is 0.448 e. The molecule has 0 aliphatic rings. The number of rotatable bonds is 1. The van der Waals surface area contributed by atoms with Crippen LogP contribution >= 0.6 is 0 Å². The third-order valence-corrected chi connectivity index (χ3v) is 2.86. The van der Waals surface area contributed by atoms with Gasteiger partial charge in [-0.3, -0.25) is 0 Å². The molecule has 0 saturated carbocycles. The van der Waals surface area contributed by atoms with Crippen molar-refractivity contribution >= 4 is 0 Å². The van der Waals surface area contributed by atoms with Crippen molar-refractivity contribution in [3.05, 3.63) is 60.2 Å². The molecule has 0 bridgehead atoms. The van der Waals surface area contributed by atoms with E-state index in [4.69, 9.17) is 5.11 Å². The van der Waals surface area contributed by atoms with Crippen LogP contribution in [0.15, 0.2) is 54.6 Å². The third kappa shape index (κ3) is 3.71. The first-order valence-corrected chi connectivity index (χ1v) is 6.23. The number of hydrogen-bond donors (Lipinski definition) is 0. The van der Waals surface area contributed by atoms with Crippen LogP contribution in [0.25, 0.3) is 11.1 Å². The highest BCUT2D eigenvalue weighted by atomic mass is 16.2. The predicted molar refractivity (Wildman–Crippen MR) is 80.1 cm³/mol. The topological polar surface area (TPSA) is 22.9 Å². The fraction of sp³-hybridized carbons (Fsp3) is 0.294. The van der Waals surface area contributed by atoms with E-state index >= 15 is 0 Å². The summed E-state index contributed by atoms with van der Waals surface area (Å²) in [7, 11) is 1.25. The molecular formula is C17H23O+. The van der Waals surface area contributed by atoms with Gasteiger partial charge in [0.05, 0.1) is 0 Å². The Balaban J connectivity index is 0.000000771. The quantitative estimate of drug-likeness (QED) is 0.676. The molecule has 2 rings (SSSR count). The zero-order valence-corrected chi connectivity index (χ0v) is 11.7. The Morgan fingerprint density at radius 2 is 1.11 bits per heavy atom. The summed E-state index contributed by atoms with van der Waals surface area (Å²) in [5, 5.41) is 5.75. The molecule has 0 aliphatic carbocycles. The summed E-state index contributed by atoms with van der Waals surface area (Å²) in [4.78, 5) is 0. The average molecular weight is 243 g/mol. The molecule has 0 heterocycles. The van der Waals surface area contributed by atoms with Crippen LogP contribution in [-0.2, 0) is 5.41 Å². The van der Waals surface area contributed by atoms with Crippen LogP contribution < -0.4 is 0 Å². The van der Waals surface area contributed by atoms with Crippen molar-refractivity contribution in [2.24, 2.45) is 0 Å². The van der Waals surface area contributed by atoms with E-state index in [1.807, 2.05) is 6.07 Å². The van der Waals surface area contributed by atoms with Gasteiger partial charge in [-0.1, -0.05) is 75.4 Å². The fourth-order valence-corrected chi connectivity index (χ4v) is 1.79. The molecule has 0 aliphatic heterocycles. The van der Waals surface area contributed by atoms with Gasteiger partial charge in [0.2, 0.25) is 0 Å². The van der Waals surface area contributed by atoms with Gasteiger partial charge in [-0.2, -0.15) is 0 Å². The monoisotopic (exact) mass is 243 g/mol. The maximum atomic E-state index is 5.75. The lowest BCUT2D eigenvalue weighted by Gasteiger charge is -2.19. The van der Waals surface area contributed by atoms with Gasteiger partial charge in [-0.05, 0) is 22.1 Å². The van der Waals surface area contributed by atoms with E-state index in [0.29, 0.717) is 0 Å². The Hall–Kier alpha value is -1.60. The summed E-state index contributed by atoms with van der Waals surface area (Å²) in [5.74, 6) is 0. The number of benzene rings is 2. The minimum Gasteiger partial charge on any atom is -0.448 e. The first-order chi connectivity index (χ1) is 8.57. The van der Waals surface area contributed by atoms with Gasteiger partial charge in [-0.25, -0.2) is 0 Å². The van der Waals surface area contributed by atoms with Crippen LogP contribution in [0.1, 0.15) is 26.3 Å². The third-order valence-electron chi connectivity index (χ3n) is 2.86.